The Labute approximate surface area is 138 Å². The second-order valence-corrected chi connectivity index (χ2v) is 5.86. The van der Waals surface area contributed by atoms with Crippen LogP contribution < -0.4 is 9.47 Å². The van der Waals surface area contributed by atoms with Crippen molar-refractivity contribution < 1.29 is 24.5 Å². The molecule has 1 aliphatic carbocycles. The summed E-state index contributed by atoms with van der Waals surface area (Å²) in [5.74, 6) is 0.722. The van der Waals surface area contributed by atoms with Crippen molar-refractivity contribution in [2.24, 2.45) is 0 Å². The smallest absolute Gasteiger partial charge is 0.189 e. The van der Waals surface area contributed by atoms with Crippen LogP contribution in [0.1, 0.15) is 27.9 Å². The zero-order valence-corrected chi connectivity index (χ0v) is 12.9. The Morgan fingerprint density at radius 1 is 1.04 bits per heavy atom. The van der Waals surface area contributed by atoms with Crippen molar-refractivity contribution in [3.05, 3.63) is 52.6 Å². The highest BCUT2D eigenvalue weighted by atomic mass is 16.5. The number of carbonyl (C=O) groups is 1. The van der Waals surface area contributed by atoms with Crippen LogP contribution in [0.25, 0.3) is 6.08 Å². The Morgan fingerprint density at radius 2 is 1.88 bits per heavy atom. The average Bonchev–Trinajstić information content (AvgIpc) is 2.76. The highest BCUT2D eigenvalue weighted by Gasteiger charge is 2.29. The van der Waals surface area contributed by atoms with Gasteiger partial charge in [0.25, 0.3) is 0 Å². The van der Waals surface area contributed by atoms with Gasteiger partial charge in [0.05, 0.1) is 13.2 Å². The van der Waals surface area contributed by atoms with Gasteiger partial charge in [0.2, 0.25) is 0 Å². The van der Waals surface area contributed by atoms with Gasteiger partial charge in [0, 0.05) is 35.1 Å². The second-order valence-electron chi connectivity index (χ2n) is 5.86. The predicted octanol–water partition coefficient (Wildman–Crippen LogP) is 3.08. The maximum Gasteiger partial charge on any atom is 0.189 e. The zero-order chi connectivity index (χ0) is 16.7. The maximum absolute atomic E-state index is 12.6. The molecule has 0 saturated heterocycles. The molecule has 1 heterocycles. The molecule has 0 spiro atoms. The predicted molar refractivity (Wildman–Crippen MR) is 87.8 cm³/mol. The van der Waals surface area contributed by atoms with Gasteiger partial charge in [-0.3, -0.25) is 4.79 Å². The Hall–Kier alpha value is -2.95. The lowest BCUT2D eigenvalue weighted by molar-refractivity contribution is 0.104. The van der Waals surface area contributed by atoms with Gasteiger partial charge < -0.3 is 19.7 Å². The minimum Gasteiger partial charge on any atom is -0.504 e. The number of hydrogen-bond acceptors (Lipinski definition) is 5. The monoisotopic (exact) mass is 324 g/mol. The molecule has 0 aromatic heterocycles. The fourth-order valence-electron chi connectivity index (χ4n) is 3.09. The molecule has 0 unspecified atom stereocenters. The minimum absolute atomic E-state index is 0.146. The van der Waals surface area contributed by atoms with Crippen LogP contribution >= 0.6 is 0 Å². The Morgan fingerprint density at radius 3 is 2.75 bits per heavy atom. The summed E-state index contributed by atoms with van der Waals surface area (Å²) >= 11 is 0. The molecule has 5 heteroatoms. The van der Waals surface area contributed by atoms with Crippen molar-refractivity contribution in [2.45, 2.75) is 12.8 Å². The lowest BCUT2D eigenvalue weighted by Gasteiger charge is -2.10. The number of aromatic hydroxyl groups is 2. The third kappa shape index (κ3) is 2.29. The highest BCUT2D eigenvalue weighted by molar-refractivity contribution is 6.16. The first-order valence-corrected chi connectivity index (χ1v) is 7.83. The molecule has 0 radical (unpaired) electrons. The van der Waals surface area contributed by atoms with Crippen LogP contribution in [-0.4, -0.2) is 29.2 Å². The number of fused-ring (bicyclic) bond motifs is 2. The number of para-hydroxylation sites is 1. The third-order valence-electron chi connectivity index (χ3n) is 4.30. The van der Waals surface area contributed by atoms with Crippen molar-refractivity contribution in [2.75, 3.05) is 13.2 Å². The largest absolute Gasteiger partial charge is 0.504 e. The van der Waals surface area contributed by atoms with Crippen molar-refractivity contribution >= 4 is 11.9 Å². The number of Topliss-reactive ketones (excluding diaryl/α,β-unsaturated/α-hetero) is 1. The molecule has 0 saturated carbocycles. The van der Waals surface area contributed by atoms with Crippen LogP contribution in [0.4, 0.5) is 0 Å². The number of ether oxygens (including phenoxy) is 2. The number of ketones is 1. The Bertz CT molecular complexity index is 866. The first-order chi connectivity index (χ1) is 11.6. The molecule has 0 fully saturated rings. The minimum atomic E-state index is -0.226. The fraction of sp³-hybridized carbons (Fsp3) is 0.211. The van der Waals surface area contributed by atoms with Crippen LogP contribution in [-0.2, 0) is 6.42 Å². The third-order valence-corrected chi connectivity index (χ3v) is 4.30. The molecular weight excluding hydrogens is 308 g/mol. The topological polar surface area (TPSA) is 76.0 Å². The first-order valence-electron chi connectivity index (χ1n) is 7.83. The number of hydrogen-bond donors (Lipinski definition) is 2. The number of carbonyl (C=O) groups excluding carboxylic acids is 1. The van der Waals surface area contributed by atoms with Crippen molar-refractivity contribution in [3.8, 4) is 23.0 Å². The number of benzene rings is 2. The lowest BCUT2D eigenvalue weighted by atomic mass is 10.1. The van der Waals surface area contributed by atoms with Crippen molar-refractivity contribution in [1.82, 2.24) is 0 Å². The van der Waals surface area contributed by atoms with Gasteiger partial charge in [-0.2, -0.15) is 0 Å². The van der Waals surface area contributed by atoms with Crippen molar-refractivity contribution in [3.63, 3.8) is 0 Å². The van der Waals surface area contributed by atoms with Crippen LogP contribution in [0.2, 0.25) is 0 Å². The van der Waals surface area contributed by atoms with Gasteiger partial charge in [-0.15, -0.1) is 0 Å². The summed E-state index contributed by atoms with van der Waals surface area (Å²) < 4.78 is 11.4. The molecule has 122 valence electrons. The molecule has 2 aromatic carbocycles. The van der Waals surface area contributed by atoms with E-state index in [1.807, 2.05) is 18.2 Å². The van der Waals surface area contributed by atoms with E-state index < -0.39 is 0 Å². The van der Waals surface area contributed by atoms with Gasteiger partial charge >= 0.3 is 0 Å². The molecule has 5 nitrogen and oxygen atoms in total. The highest BCUT2D eigenvalue weighted by Crippen LogP contribution is 2.40. The first kappa shape index (κ1) is 14.6. The van der Waals surface area contributed by atoms with Crippen molar-refractivity contribution in [1.29, 1.82) is 0 Å². The quantitative estimate of drug-likeness (QED) is 0.623. The fourth-order valence-corrected chi connectivity index (χ4v) is 3.09. The van der Waals surface area contributed by atoms with E-state index >= 15 is 0 Å². The van der Waals surface area contributed by atoms with E-state index in [-0.39, 0.29) is 23.7 Å². The number of phenols is 2. The van der Waals surface area contributed by atoms with E-state index in [4.69, 9.17) is 9.47 Å². The Balaban J connectivity index is 1.76. The molecular formula is C19H16O5. The normalized spacial score (nSPS) is 17.7. The molecule has 1 aliphatic heterocycles. The zero-order valence-electron chi connectivity index (χ0n) is 12.9. The van der Waals surface area contributed by atoms with E-state index in [0.29, 0.717) is 41.4 Å². The molecule has 0 amide bonds. The second kappa shape index (κ2) is 5.60. The molecule has 2 N–H and O–H groups in total. The SMILES string of the molecule is O=C1C(=Cc2cccc3c2OCCCO3)Cc2c1ccc(O)c2O. The van der Waals surface area contributed by atoms with Gasteiger partial charge in [0.15, 0.2) is 28.8 Å². The molecule has 24 heavy (non-hydrogen) atoms. The molecule has 2 aromatic rings. The van der Waals surface area contributed by atoms with Crippen LogP contribution in [0, 0.1) is 0 Å². The summed E-state index contributed by atoms with van der Waals surface area (Å²) in [7, 11) is 0. The molecule has 4 rings (SSSR count). The standard InChI is InChI=1S/C19H16O5/c20-15-6-5-13-14(18(15)22)10-12(17(13)21)9-11-3-1-4-16-19(11)24-8-2-7-23-16/h1,3-6,9,20,22H,2,7-8,10H2. The molecule has 0 bridgehead atoms. The van der Waals surface area contributed by atoms with Crippen LogP contribution in [0.15, 0.2) is 35.9 Å². The van der Waals surface area contributed by atoms with Gasteiger partial charge in [-0.1, -0.05) is 12.1 Å². The van der Waals surface area contributed by atoms with E-state index in [1.165, 1.54) is 6.07 Å². The summed E-state index contributed by atoms with van der Waals surface area (Å²) in [6, 6.07) is 8.45. The van der Waals surface area contributed by atoms with E-state index in [1.54, 1.807) is 12.1 Å². The summed E-state index contributed by atoms with van der Waals surface area (Å²) in [6.07, 6.45) is 2.85. The molecule has 2 aliphatic rings. The summed E-state index contributed by atoms with van der Waals surface area (Å²) in [5.41, 5.74) is 2.21. The van der Waals surface area contributed by atoms with Crippen LogP contribution in [0.5, 0.6) is 23.0 Å². The van der Waals surface area contributed by atoms with E-state index in [0.717, 1.165) is 12.0 Å². The number of rotatable bonds is 1. The van der Waals surface area contributed by atoms with E-state index in [2.05, 4.69) is 0 Å². The maximum atomic E-state index is 12.6. The van der Waals surface area contributed by atoms with Gasteiger partial charge in [0.1, 0.15) is 0 Å². The van der Waals surface area contributed by atoms with Crippen LogP contribution in [0.3, 0.4) is 0 Å². The molecule has 0 atom stereocenters. The summed E-state index contributed by atoms with van der Waals surface area (Å²) in [5, 5.41) is 19.6. The summed E-state index contributed by atoms with van der Waals surface area (Å²) in [4.78, 5) is 12.6. The number of allylic oxidation sites excluding steroid dienone is 1. The number of phenolic OH excluding ortho intramolecular Hbond substituents is 2. The summed E-state index contributed by atoms with van der Waals surface area (Å²) in [6.45, 7) is 1.17. The Kier molecular flexibility index (Phi) is 3.41. The lowest BCUT2D eigenvalue weighted by Crippen LogP contribution is -1.98. The average molecular weight is 324 g/mol. The van der Waals surface area contributed by atoms with Gasteiger partial charge in [-0.25, -0.2) is 0 Å². The van der Waals surface area contributed by atoms with E-state index in [9.17, 15) is 15.0 Å². The van der Waals surface area contributed by atoms with Gasteiger partial charge in [-0.05, 0) is 24.3 Å².